The number of rotatable bonds is 5. The number of likely N-dealkylation sites (tertiary alicyclic amines) is 1. The van der Waals surface area contributed by atoms with Gasteiger partial charge in [-0.3, -0.25) is 9.59 Å². The number of carbonyl (C=O) groups excluding carboxylic acids is 1. The van der Waals surface area contributed by atoms with E-state index in [1.165, 1.54) is 0 Å². The van der Waals surface area contributed by atoms with E-state index in [-0.39, 0.29) is 11.8 Å². The van der Waals surface area contributed by atoms with Gasteiger partial charge >= 0.3 is 5.97 Å². The monoisotopic (exact) mass is 381 g/mol. The summed E-state index contributed by atoms with van der Waals surface area (Å²) in [7, 11) is 0. The Hall–Kier alpha value is -1.56. The lowest BCUT2D eigenvalue weighted by molar-refractivity contribution is -0.143. The average Bonchev–Trinajstić information content (AvgIpc) is 3.27. The molecule has 3 rings (SSSR count). The lowest BCUT2D eigenvalue weighted by atomic mass is 9.92. The second kappa shape index (κ2) is 6.51. The van der Waals surface area contributed by atoms with Gasteiger partial charge in [0.05, 0.1) is 10.4 Å². The number of carbonyl (C=O) groups is 2. The molecule has 23 heavy (non-hydrogen) atoms. The topological polar surface area (TPSA) is 66.8 Å². The Morgan fingerprint density at radius 3 is 2.61 bits per heavy atom. The quantitative estimate of drug-likeness (QED) is 0.851. The van der Waals surface area contributed by atoms with Crippen LogP contribution in [-0.2, 0) is 9.59 Å². The summed E-state index contributed by atoms with van der Waals surface area (Å²) in [6.45, 7) is 2.53. The molecule has 124 valence electrons. The molecule has 2 fully saturated rings. The van der Waals surface area contributed by atoms with Crippen molar-refractivity contribution in [3.63, 3.8) is 0 Å². The van der Waals surface area contributed by atoms with E-state index < -0.39 is 18.0 Å². The number of benzene rings is 1. The number of ether oxygens (including phenoxy) is 1. The minimum atomic E-state index is -0.795. The Kier molecular flexibility index (Phi) is 4.62. The number of nitrogens with zero attached hydrogens (tertiary/aromatic N) is 1. The van der Waals surface area contributed by atoms with Gasteiger partial charge in [-0.2, -0.15) is 0 Å². The maximum atomic E-state index is 12.6. The predicted octanol–water partition coefficient (Wildman–Crippen LogP) is 2.79. The normalized spacial score (nSPS) is 25.2. The molecule has 1 unspecified atom stereocenters. The van der Waals surface area contributed by atoms with Crippen molar-refractivity contribution in [1.82, 2.24) is 4.90 Å². The molecule has 0 spiro atoms. The third-order valence-corrected chi connectivity index (χ3v) is 5.36. The van der Waals surface area contributed by atoms with Crippen LogP contribution < -0.4 is 4.74 Å². The van der Waals surface area contributed by atoms with Crippen LogP contribution in [0.15, 0.2) is 28.7 Å². The largest absolute Gasteiger partial charge is 0.481 e. The lowest BCUT2D eigenvalue weighted by Gasteiger charge is -2.22. The van der Waals surface area contributed by atoms with Gasteiger partial charge < -0.3 is 14.7 Å². The molecule has 3 atom stereocenters. The van der Waals surface area contributed by atoms with Crippen molar-refractivity contribution < 1.29 is 19.4 Å². The molecule has 1 aliphatic heterocycles. The summed E-state index contributed by atoms with van der Waals surface area (Å²) in [4.78, 5) is 25.7. The fourth-order valence-corrected chi connectivity index (χ4v) is 3.69. The molecule has 1 saturated heterocycles. The highest BCUT2D eigenvalue weighted by molar-refractivity contribution is 9.10. The molecule has 1 amide bonds. The van der Waals surface area contributed by atoms with Crippen LogP contribution >= 0.6 is 15.9 Å². The van der Waals surface area contributed by atoms with Crippen LogP contribution in [0.2, 0.25) is 0 Å². The summed E-state index contributed by atoms with van der Waals surface area (Å²) in [5.74, 6) is -0.213. The van der Waals surface area contributed by atoms with Crippen LogP contribution in [0.3, 0.4) is 0 Å². The summed E-state index contributed by atoms with van der Waals surface area (Å²) in [5.41, 5.74) is 0. The lowest BCUT2D eigenvalue weighted by Crippen LogP contribution is -2.39. The Morgan fingerprint density at radius 2 is 2.00 bits per heavy atom. The van der Waals surface area contributed by atoms with Gasteiger partial charge in [-0.25, -0.2) is 0 Å². The van der Waals surface area contributed by atoms with Crippen LogP contribution in [-0.4, -0.2) is 41.1 Å². The molecular weight excluding hydrogens is 362 g/mol. The van der Waals surface area contributed by atoms with E-state index in [1.807, 2.05) is 18.2 Å². The summed E-state index contributed by atoms with van der Waals surface area (Å²) >= 11 is 3.40. The molecule has 0 radical (unpaired) electrons. The van der Waals surface area contributed by atoms with Gasteiger partial charge in [0.2, 0.25) is 0 Å². The summed E-state index contributed by atoms with van der Waals surface area (Å²) in [5, 5.41) is 9.39. The third-order valence-electron chi connectivity index (χ3n) is 4.71. The zero-order chi connectivity index (χ0) is 16.6. The molecule has 1 heterocycles. The van der Waals surface area contributed by atoms with Crippen molar-refractivity contribution in [2.45, 2.75) is 25.9 Å². The fourth-order valence-electron chi connectivity index (χ4n) is 3.31. The van der Waals surface area contributed by atoms with E-state index >= 15 is 0 Å². The third kappa shape index (κ3) is 3.52. The smallest absolute Gasteiger partial charge is 0.308 e. The van der Waals surface area contributed by atoms with E-state index in [0.717, 1.165) is 17.3 Å². The highest BCUT2D eigenvalue weighted by Crippen LogP contribution is 2.44. The van der Waals surface area contributed by atoms with Crippen LogP contribution in [0.25, 0.3) is 0 Å². The van der Waals surface area contributed by atoms with Crippen molar-refractivity contribution in [3.8, 4) is 5.75 Å². The van der Waals surface area contributed by atoms with Crippen LogP contribution in [0.5, 0.6) is 5.75 Å². The van der Waals surface area contributed by atoms with Crippen LogP contribution in [0.4, 0.5) is 0 Å². The number of amides is 1. The van der Waals surface area contributed by atoms with Crippen molar-refractivity contribution in [1.29, 1.82) is 0 Å². The Balaban J connectivity index is 1.65. The maximum absolute atomic E-state index is 12.6. The minimum Gasteiger partial charge on any atom is -0.481 e. The molecular formula is C17H20BrNO4. The standard InChI is InChI=1S/C17H20BrNO4/c1-10(23-15-5-3-2-4-14(15)18)16(20)19-8-12(11-6-7-11)13(9-19)17(21)22/h2-5,10-13H,6-9H2,1H3,(H,21,22)/t10?,12-,13+/m1/s1. The second-order valence-electron chi connectivity index (χ2n) is 6.38. The van der Waals surface area contributed by atoms with E-state index in [9.17, 15) is 14.7 Å². The SMILES string of the molecule is CC(Oc1ccccc1Br)C(=O)N1C[C@H](C(=O)O)[C@@H](C2CC2)C1. The number of hydrogen-bond acceptors (Lipinski definition) is 3. The number of para-hydroxylation sites is 1. The van der Waals surface area contributed by atoms with Crippen molar-refractivity contribution in [2.24, 2.45) is 17.8 Å². The fraction of sp³-hybridized carbons (Fsp3) is 0.529. The first-order chi connectivity index (χ1) is 11.0. The summed E-state index contributed by atoms with van der Waals surface area (Å²) in [6.07, 6.45) is 1.53. The Morgan fingerprint density at radius 1 is 1.30 bits per heavy atom. The van der Waals surface area contributed by atoms with Gasteiger partial charge in [0.1, 0.15) is 5.75 Å². The molecule has 1 N–H and O–H groups in total. The van der Waals surface area contributed by atoms with E-state index in [2.05, 4.69) is 15.9 Å². The Bertz CT molecular complexity index is 616. The highest BCUT2D eigenvalue weighted by atomic mass is 79.9. The number of aliphatic carboxylic acids is 1. The van der Waals surface area contributed by atoms with Gasteiger partial charge in [-0.1, -0.05) is 12.1 Å². The Labute approximate surface area is 143 Å². The average molecular weight is 382 g/mol. The zero-order valence-corrected chi connectivity index (χ0v) is 14.5. The molecule has 0 bridgehead atoms. The number of halogens is 1. The molecule has 2 aliphatic rings. The van der Waals surface area contributed by atoms with E-state index in [0.29, 0.717) is 24.8 Å². The van der Waals surface area contributed by atoms with Crippen LogP contribution in [0.1, 0.15) is 19.8 Å². The summed E-state index contributed by atoms with van der Waals surface area (Å²) in [6, 6.07) is 7.37. The molecule has 0 aromatic heterocycles. The van der Waals surface area contributed by atoms with Gasteiger partial charge in [0.25, 0.3) is 5.91 Å². The predicted molar refractivity (Wildman–Crippen MR) is 88.2 cm³/mol. The van der Waals surface area contributed by atoms with Gasteiger partial charge in [0, 0.05) is 13.1 Å². The minimum absolute atomic E-state index is 0.0899. The first-order valence-electron chi connectivity index (χ1n) is 7.90. The molecule has 6 heteroatoms. The molecule has 1 aromatic carbocycles. The number of hydrogen-bond donors (Lipinski definition) is 1. The second-order valence-corrected chi connectivity index (χ2v) is 7.23. The first kappa shape index (κ1) is 16.3. The molecule has 1 aromatic rings. The van der Waals surface area contributed by atoms with Gasteiger partial charge in [-0.15, -0.1) is 0 Å². The van der Waals surface area contributed by atoms with E-state index in [4.69, 9.17) is 4.74 Å². The maximum Gasteiger partial charge on any atom is 0.308 e. The van der Waals surface area contributed by atoms with Crippen molar-refractivity contribution in [3.05, 3.63) is 28.7 Å². The van der Waals surface area contributed by atoms with Crippen molar-refractivity contribution >= 4 is 27.8 Å². The highest BCUT2D eigenvalue weighted by Gasteiger charge is 2.47. The number of carboxylic acid groups (broad SMARTS) is 1. The molecule has 5 nitrogen and oxygen atoms in total. The van der Waals surface area contributed by atoms with Crippen molar-refractivity contribution in [2.75, 3.05) is 13.1 Å². The molecule has 1 aliphatic carbocycles. The van der Waals surface area contributed by atoms with Gasteiger partial charge in [-0.05, 0) is 59.7 Å². The first-order valence-corrected chi connectivity index (χ1v) is 8.69. The zero-order valence-electron chi connectivity index (χ0n) is 12.9. The number of carboxylic acids is 1. The summed E-state index contributed by atoms with van der Waals surface area (Å²) < 4.78 is 6.53. The van der Waals surface area contributed by atoms with Crippen LogP contribution in [0, 0.1) is 17.8 Å². The van der Waals surface area contributed by atoms with Gasteiger partial charge in [0.15, 0.2) is 6.10 Å². The molecule has 1 saturated carbocycles. The van der Waals surface area contributed by atoms with E-state index in [1.54, 1.807) is 17.9 Å².